The number of nitrogens with two attached hydrogens (primary N) is 1. The normalized spacial score (nSPS) is 18.4. The quantitative estimate of drug-likeness (QED) is 0.717. The number of rotatable bonds is 1. The Kier molecular flexibility index (Phi) is 3.68. The smallest absolute Gasteiger partial charge is 0.266 e. The summed E-state index contributed by atoms with van der Waals surface area (Å²) in [4.78, 5) is 21.1. The monoisotopic (exact) mass is 339 g/mol. The molecule has 1 aromatic carbocycles. The highest BCUT2D eigenvalue weighted by Crippen LogP contribution is 2.36. The fourth-order valence-corrected chi connectivity index (χ4v) is 4.55. The van der Waals surface area contributed by atoms with Crippen LogP contribution in [0.5, 0.6) is 0 Å². The summed E-state index contributed by atoms with van der Waals surface area (Å²) in [5.74, 6) is 0.0583. The van der Waals surface area contributed by atoms with E-state index < -0.39 is 0 Å². The minimum atomic E-state index is 0.0583. The molecule has 4 nitrogen and oxygen atoms in total. The molecule has 5 heteroatoms. The van der Waals surface area contributed by atoms with Crippen LogP contribution >= 0.6 is 11.3 Å². The Morgan fingerprint density at radius 1 is 1.33 bits per heavy atom. The largest absolute Gasteiger partial charge is 0.397 e. The minimum absolute atomic E-state index is 0.0583. The molecular formula is C19H21N3OS. The molecule has 0 spiro atoms. The van der Waals surface area contributed by atoms with Gasteiger partial charge in [-0.15, -0.1) is 11.3 Å². The van der Waals surface area contributed by atoms with E-state index in [1.54, 1.807) is 0 Å². The molecule has 0 saturated carbocycles. The van der Waals surface area contributed by atoms with Crippen LogP contribution in [0.3, 0.4) is 0 Å². The van der Waals surface area contributed by atoms with Crippen LogP contribution in [0.4, 0.5) is 5.69 Å². The Balaban J connectivity index is 1.82. The molecule has 0 bridgehead atoms. The molecule has 1 fully saturated rings. The third kappa shape index (κ3) is 2.44. The average Bonchev–Trinajstić information content (AvgIpc) is 2.89. The first kappa shape index (κ1) is 15.4. The lowest BCUT2D eigenvalue weighted by Crippen LogP contribution is -2.41. The van der Waals surface area contributed by atoms with Crippen molar-refractivity contribution in [3.05, 3.63) is 34.7 Å². The predicted octanol–water partition coefficient (Wildman–Crippen LogP) is 4.35. The summed E-state index contributed by atoms with van der Waals surface area (Å²) in [6.07, 6.45) is 3.33. The Hall–Kier alpha value is -2.14. The number of aryl methyl sites for hydroxylation is 1. The van der Waals surface area contributed by atoms with E-state index in [1.165, 1.54) is 23.3 Å². The van der Waals surface area contributed by atoms with Crippen LogP contribution in [0.1, 0.15) is 41.4 Å². The van der Waals surface area contributed by atoms with Gasteiger partial charge in [0, 0.05) is 23.4 Å². The van der Waals surface area contributed by atoms with Gasteiger partial charge < -0.3 is 10.6 Å². The van der Waals surface area contributed by atoms with E-state index in [9.17, 15) is 4.79 Å². The number of likely N-dealkylation sites (tertiary alicyclic amines) is 1. The van der Waals surface area contributed by atoms with Gasteiger partial charge in [0.1, 0.15) is 9.71 Å². The number of aromatic nitrogens is 1. The average molecular weight is 339 g/mol. The Labute approximate surface area is 145 Å². The number of hydrogen-bond acceptors (Lipinski definition) is 4. The van der Waals surface area contributed by atoms with Crippen LogP contribution in [0, 0.1) is 6.92 Å². The number of fused-ring (bicyclic) bond motifs is 2. The van der Waals surface area contributed by atoms with Crippen LogP contribution in [0.15, 0.2) is 24.3 Å². The number of anilines is 1. The van der Waals surface area contributed by atoms with Crippen molar-refractivity contribution in [3.8, 4) is 0 Å². The number of hydrogen-bond donors (Lipinski definition) is 1. The molecule has 3 heterocycles. The highest BCUT2D eigenvalue weighted by atomic mass is 32.1. The molecular weight excluding hydrogens is 318 g/mol. The van der Waals surface area contributed by atoms with E-state index >= 15 is 0 Å². The third-order valence-corrected chi connectivity index (χ3v) is 6.03. The molecule has 1 saturated heterocycles. The van der Waals surface area contributed by atoms with Crippen molar-refractivity contribution in [3.63, 3.8) is 0 Å². The summed E-state index contributed by atoms with van der Waals surface area (Å²) in [6.45, 7) is 5.01. The standard InChI is InChI=1S/C19H21N3OS/c1-11-6-7-15-13(9-11)10-14-16(20)17(24-18(14)21-15)19(23)22-8-4-3-5-12(22)2/h6-7,9-10,12H,3-5,8,20H2,1-2H3/t12-/m0/s1. The number of thiophene rings is 1. The van der Waals surface area contributed by atoms with Gasteiger partial charge in [-0.2, -0.15) is 0 Å². The number of nitrogen functional groups attached to an aromatic ring is 1. The van der Waals surface area contributed by atoms with Gasteiger partial charge >= 0.3 is 0 Å². The van der Waals surface area contributed by atoms with Crippen LogP contribution < -0.4 is 5.73 Å². The Morgan fingerprint density at radius 3 is 2.96 bits per heavy atom. The molecule has 0 radical (unpaired) electrons. The highest BCUT2D eigenvalue weighted by molar-refractivity contribution is 7.21. The molecule has 1 amide bonds. The second kappa shape index (κ2) is 5.74. The van der Waals surface area contributed by atoms with Gasteiger partial charge in [0.05, 0.1) is 11.2 Å². The third-order valence-electron chi connectivity index (χ3n) is 4.93. The van der Waals surface area contributed by atoms with Gasteiger partial charge in [0.15, 0.2) is 0 Å². The number of benzene rings is 1. The lowest BCUT2D eigenvalue weighted by Gasteiger charge is -2.33. The van der Waals surface area contributed by atoms with Crippen molar-refractivity contribution < 1.29 is 4.79 Å². The first-order chi connectivity index (χ1) is 11.5. The van der Waals surface area contributed by atoms with Crippen LogP contribution in [0.2, 0.25) is 0 Å². The van der Waals surface area contributed by atoms with E-state index in [2.05, 4.69) is 32.0 Å². The van der Waals surface area contributed by atoms with E-state index in [0.717, 1.165) is 40.5 Å². The van der Waals surface area contributed by atoms with Crippen molar-refractivity contribution in [2.24, 2.45) is 0 Å². The highest BCUT2D eigenvalue weighted by Gasteiger charge is 2.28. The Morgan fingerprint density at radius 2 is 2.17 bits per heavy atom. The number of piperidine rings is 1. The first-order valence-corrected chi connectivity index (χ1v) is 9.26. The SMILES string of the molecule is Cc1ccc2nc3sc(C(=O)N4CCCC[C@@H]4C)c(N)c3cc2c1. The maximum atomic E-state index is 13.0. The maximum Gasteiger partial charge on any atom is 0.266 e. The van der Waals surface area contributed by atoms with Crippen molar-refractivity contribution in [2.75, 3.05) is 12.3 Å². The summed E-state index contributed by atoms with van der Waals surface area (Å²) >= 11 is 1.42. The molecule has 2 N–H and O–H groups in total. The maximum absolute atomic E-state index is 13.0. The summed E-state index contributed by atoms with van der Waals surface area (Å²) in [6, 6.07) is 8.53. The van der Waals surface area contributed by atoms with Gasteiger partial charge in [-0.05, 0) is 51.3 Å². The molecule has 0 aliphatic carbocycles. The number of nitrogens with zero attached hydrogens (tertiary/aromatic N) is 2. The van der Waals surface area contributed by atoms with Crippen molar-refractivity contribution in [1.29, 1.82) is 0 Å². The molecule has 3 aromatic rings. The van der Waals surface area contributed by atoms with Gasteiger partial charge in [-0.3, -0.25) is 4.79 Å². The summed E-state index contributed by atoms with van der Waals surface area (Å²) in [5.41, 5.74) is 9.06. The second-order valence-electron chi connectivity index (χ2n) is 6.73. The van der Waals surface area contributed by atoms with Crippen LogP contribution in [-0.2, 0) is 0 Å². The second-order valence-corrected chi connectivity index (χ2v) is 7.72. The lowest BCUT2D eigenvalue weighted by atomic mass is 10.0. The zero-order valence-corrected chi connectivity index (χ0v) is 14.8. The fraction of sp³-hybridized carbons (Fsp3) is 0.368. The number of carbonyl (C=O) groups excluding carboxylic acids is 1. The molecule has 1 aliphatic rings. The first-order valence-electron chi connectivity index (χ1n) is 8.45. The Bertz CT molecular complexity index is 947. The van der Waals surface area contributed by atoms with Crippen LogP contribution in [-0.4, -0.2) is 28.4 Å². The van der Waals surface area contributed by atoms with Gasteiger partial charge in [-0.25, -0.2) is 4.98 Å². The molecule has 124 valence electrons. The van der Waals surface area contributed by atoms with Crippen molar-refractivity contribution >= 4 is 44.1 Å². The fourth-order valence-electron chi connectivity index (χ4n) is 3.51. The van der Waals surface area contributed by atoms with E-state index in [-0.39, 0.29) is 11.9 Å². The van der Waals surface area contributed by atoms with Crippen molar-refractivity contribution in [1.82, 2.24) is 9.88 Å². The van der Waals surface area contributed by atoms with Gasteiger partial charge in [0.2, 0.25) is 0 Å². The van der Waals surface area contributed by atoms with E-state index in [0.29, 0.717) is 10.6 Å². The topological polar surface area (TPSA) is 59.2 Å². The number of carbonyl (C=O) groups is 1. The van der Waals surface area contributed by atoms with Gasteiger partial charge in [-0.1, -0.05) is 11.6 Å². The molecule has 2 aromatic heterocycles. The van der Waals surface area contributed by atoms with Crippen molar-refractivity contribution in [2.45, 2.75) is 39.2 Å². The summed E-state index contributed by atoms with van der Waals surface area (Å²) < 4.78 is 0. The lowest BCUT2D eigenvalue weighted by molar-refractivity contribution is 0.0642. The molecule has 1 aliphatic heterocycles. The van der Waals surface area contributed by atoms with Gasteiger partial charge in [0.25, 0.3) is 5.91 Å². The zero-order chi connectivity index (χ0) is 16.8. The molecule has 1 atom stereocenters. The minimum Gasteiger partial charge on any atom is -0.397 e. The summed E-state index contributed by atoms with van der Waals surface area (Å²) in [7, 11) is 0. The van der Waals surface area contributed by atoms with E-state index in [1.807, 2.05) is 11.0 Å². The zero-order valence-electron chi connectivity index (χ0n) is 14.0. The van der Waals surface area contributed by atoms with Crippen LogP contribution in [0.25, 0.3) is 21.1 Å². The molecule has 24 heavy (non-hydrogen) atoms. The molecule has 4 rings (SSSR count). The van der Waals surface area contributed by atoms with E-state index in [4.69, 9.17) is 10.7 Å². The number of amides is 1. The summed E-state index contributed by atoms with van der Waals surface area (Å²) in [5, 5.41) is 1.96. The predicted molar refractivity (Wildman–Crippen MR) is 101 cm³/mol. The number of pyridine rings is 1. The molecule has 0 unspecified atom stereocenters.